The predicted octanol–water partition coefficient (Wildman–Crippen LogP) is 2.51. The van der Waals surface area contributed by atoms with Crippen molar-refractivity contribution in [3.63, 3.8) is 0 Å². The number of nitrogens with zero attached hydrogens (tertiary/aromatic N) is 9. The molecule has 0 spiro atoms. The van der Waals surface area contributed by atoms with Gasteiger partial charge >= 0.3 is 0 Å². The molecule has 6 aromatic rings. The molecule has 1 unspecified atom stereocenters. The minimum absolute atomic E-state index is 0.496. The molecule has 0 saturated carbocycles. The minimum Gasteiger partial charge on any atom is -0.290 e. The van der Waals surface area contributed by atoms with Crippen LogP contribution < -0.4 is 0 Å². The Morgan fingerprint density at radius 1 is 0.812 bits per heavy atom. The van der Waals surface area contributed by atoms with Gasteiger partial charge in [-0.15, -0.1) is 0 Å². The quantitative estimate of drug-likeness (QED) is 0.413. The molecule has 10 nitrogen and oxygen atoms in total. The highest BCUT2D eigenvalue weighted by Gasteiger charge is 2.18. The second kappa shape index (κ2) is 7.17. The predicted molar refractivity (Wildman–Crippen MR) is 118 cm³/mol. The Kier molecular flexibility index (Phi) is 4.15. The van der Waals surface area contributed by atoms with Crippen LogP contribution in [0.4, 0.5) is 0 Å². The molecule has 0 N–H and O–H groups in total. The molecular formula is C21H15N9OS. The van der Waals surface area contributed by atoms with Crippen molar-refractivity contribution in [1.29, 1.82) is 0 Å². The summed E-state index contributed by atoms with van der Waals surface area (Å²) in [5.41, 5.74) is 5.53. The van der Waals surface area contributed by atoms with Gasteiger partial charge in [0, 0.05) is 60.3 Å². The molecule has 0 saturated heterocycles. The van der Waals surface area contributed by atoms with Crippen molar-refractivity contribution in [1.82, 2.24) is 43.3 Å². The Morgan fingerprint density at radius 2 is 1.69 bits per heavy atom. The summed E-state index contributed by atoms with van der Waals surface area (Å²) >= 11 is 0. The third kappa shape index (κ3) is 2.98. The van der Waals surface area contributed by atoms with Crippen LogP contribution in [0.3, 0.4) is 0 Å². The average Bonchev–Trinajstić information content (AvgIpc) is 3.56. The minimum atomic E-state index is -1.64. The number of hydrogen-bond acceptors (Lipinski definition) is 7. The lowest BCUT2D eigenvalue weighted by Gasteiger charge is -2.06. The van der Waals surface area contributed by atoms with Crippen LogP contribution in [0, 0.1) is 0 Å². The molecule has 0 radical (unpaired) electrons. The summed E-state index contributed by atoms with van der Waals surface area (Å²) in [4.78, 5) is 17.0. The average molecular weight is 441 g/mol. The lowest BCUT2D eigenvalue weighted by Crippen LogP contribution is -2.09. The molecule has 0 aliphatic heterocycles. The molecule has 6 aromatic heterocycles. The highest BCUT2D eigenvalue weighted by atomic mass is 32.2. The van der Waals surface area contributed by atoms with Gasteiger partial charge in [-0.25, -0.2) is 19.2 Å². The summed E-state index contributed by atoms with van der Waals surface area (Å²) in [6, 6.07) is 5.72. The van der Waals surface area contributed by atoms with Crippen LogP contribution in [0.5, 0.6) is 0 Å². The van der Waals surface area contributed by atoms with Crippen LogP contribution >= 0.6 is 0 Å². The Hall–Kier alpha value is -4.25. The largest absolute Gasteiger partial charge is 0.290 e. The number of pyridine rings is 2. The van der Waals surface area contributed by atoms with E-state index in [4.69, 9.17) is 0 Å². The van der Waals surface area contributed by atoms with Gasteiger partial charge in [0.25, 0.3) is 0 Å². The summed E-state index contributed by atoms with van der Waals surface area (Å²) in [6.45, 7) is 0. The second-order valence-corrected chi connectivity index (χ2v) is 8.43. The van der Waals surface area contributed by atoms with Crippen molar-refractivity contribution >= 4 is 27.7 Å². The Labute approximate surface area is 183 Å². The maximum absolute atomic E-state index is 13.6. The van der Waals surface area contributed by atoms with Gasteiger partial charge < -0.3 is 0 Å². The number of imidazole rings is 1. The van der Waals surface area contributed by atoms with Gasteiger partial charge in [-0.3, -0.25) is 14.1 Å². The van der Waals surface area contributed by atoms with Crippen LogP contribution in [0.2, 0.25) is 0 Å². The fraction of sp³-hybridized carbons (Fsp3) is 0.0476. The first-order valence-corrected chi connectivity index (χ1v) is 10.8. The molecule has 0 aliphatic rings. The van der Waals surface area contributed by atoms with Crippen LogP contribution in [0.1, 0.15) is 0 Å². The molecule has 6 heterocycles. The van der Waals surface area contributed by atoms with Crippen molar-refractivity contribution in [3.8, 4) is 22.3 Å². The van der Waals surface area contributed by atoms with E-state index in [0.717, 1.165) is 22.3 Å². The lowest BCUT2D eigenvalue weighted by atomic mass is 10.1. The zero-order valence-corrected chi connectivity index (χ0v) is 17.6. The topological polar surface area (TPSA) is 109 Å². The van der Waals surface area contributed by atoms with E-state index >= 15 is 0 Å². The Bertz CT molecular complexity index is 1620. The molecule has 0 aliphatic carbocycles. The SMILES string of the molecule is Cn1cc(-c2cnc3cnn(S(=O)c4cnc5ccc(-c6cncnc6)cn45)c3c2)cn1. The van der Waals surface area contributed by atoms with Crippen molar-refractivity contribution in [2.24, 2.45) is 7.05 Å². The highest BCUT2D eigenvalue weighted by molar-refractivity contribution is 7.83. The first-order valence-electron chi connectivity index (χ1n) is 9.65. The van der Waals surface area contributed by atoms with Crippen LogP contribution in [0.15, 0.2) is 79.1 Å². The molecule has 1 atom stereocenters. The zero-order chi connectivity index (χ0) is 21.7. The summed E-state index contributed by atoms with van der Waals surface area (Å²) < 4.78 is 18.6. The maximum Gasteiger partial charge on any atom is 0.193 e. The summed E-state index contributed by atoms with van der Waals surface area (Å²) in [7, 11) is 0.213. The van der Waals surface area contributed by atoms with E-state index in [1.807, 2.05) is 37.6 Å². The number of rotatable bonds is 4. The molecule has 32 heavy (non-hydrogen) atoms. The number of aromatic nitrogens is 9. The standard InChI is InChI=1S/C21H15N9OS/c1-28-11-17(8-26-28)15-4-19-18(24-7-15)9-27-30(19)32(31)21-10-25-20-3-2-14(12-29(20)21)16-5-22-13-23-6-16/h2-13H,1H3. The zero-order valence-electron chi connectivity index (χ0n) is 16.8. The molecule has 6 rings (SSSR count). The summed E-state index contributed by atoms with van der Waals surface area (Å²) in [5.74, 6) is 0. The third-order valence-corrected chi connectivity index (χ3v) is 6.39. The molecule has 0 amide bonds. The van der Waals surface area contributed by atoms with E-state index < -0.39 is 11.0 Å². The molecule has 11 heteroatoms. The van der Waals surface area contributed by atoms with Crippen LogP contribution in [-0.2, 0) is 18.0 Å². The Balaban J connectivity index is 1.46. The normalized spacial score (nSPS) is 12.5. The van der Waals surface area contributed by atoms with E-state index in [2.05, 4.69) is 30.1 Å². The van der Waals surface area contributed by atoms with E-state index in [9.17, 15) is 4.21 Å². The molecule has 0 aromatic carbocycles. The van der Waals surface area contributed by atoms with Crippen molar-refractivity contribution in [2.75, 3.05) is 0 Å². The molecule has 0 bridgehead atoms. The van der Waals surface area contributed by atoms with Crippen molar-refractivity contribution < 1.29 is 4.21 Å². The van der Waals surface area contributed by atoms with Crippen molar-refractivity contribution in [2.45, 2.75) is 5.03 Å². The summed E-state index contributed by atoms with van der Waals surface area (Å²) in [5, 5.41) is 9.06. The van der Waals surface area contributed by atoms with Gasteiger partial charge in [-0.2, -0.15) is 14.3 Å². The highest BCUT2D eigenvalue weighted by Crippen LogP contribution is 2.25. The van der Waals surface area contributed by atoms with Gasteiger partial charge in [0.2, 0.25) is 0 Å². The fourth-order valence-electron chi connectivity index (χ4n) is 3.54. The Morgan fingerprint density at radius 3 is 2.50 bits per heavy atom. The van der Waals surface area contributed by atoms with Crippen LogP contribution in [-0.4, -0.2) is 47.5 Å². The number of aryl methyl sites for hydroxylation is 1. The number of fused-ring (bicyclic) bond motifs is 2. The van der Waals surface area contributed by atoms with Crippen molar-refractivity contribution in [3.05, 3.63) is 74.1 Å². The lowest BCUT2D eigenvalue weighted by molar-refractivity contribution is 0.669. The molecule has 0 fully saturated rings. The smallest absolute Gasteiger partial charge is 0.193 e. The summed E-state index contributed by atoms with van der Waals surface area (Å²) in [6.07, 6.45) is 15.5. The van der Waals surface area contributed by atoms with Gasteiger partial charge in [-0.05, 0) is 18.2 Å². The molecular weight excluding hydrogens is 426 g/mol. The van der Waals surface area contributed by atoms with E-state index in [0.29, 0.717) is 21.7 Å². The second-order valence-electron chi connectivity index (χ2n) is 7.17. The van der Waals surface area contributed by atoms with Gasteiger partial charge in [0.15, 0.2) is 16.0 Å². The number of hydrogen-bond donors (Lipinski definition) is 0. The third-order valence-electron chi connectivity index (χ3n) is 5.13. The van der Waals surface area contributed by atoms with Gasteiger partial charge in [0.1, 0.15) is 23.0 Å². The van der Waals surface area contributed by atoms with E-state index in [1.54, 1.807) is 46.3 Å². The first-order chi connectivity index (χ1) is 15.7. The van der Waals surface area contributed by atoms with Gasteiger partial charge in [0.05, 0.1) is 18.6 Å². The molecule has 156 valence electrons. The van der Waals surface area contributed by atoms with Crippen LogP contribution in [0.25, 0.3) is 38.9 Å². The van der Waals surface area contributed by atoms with Gasteiger partial charge in [-0.1, -0.05) is 0 Å². The maximum atomic E-state index is 13.6. The monoisotopic (exact) mass is 441 g/mol. The van der Waals surface area contributed by atoms with E-state index in [-0.39, 0.29) is 0 Å². The first kappa shape index (κ1) is 18.5. The van der Waals surface area contributed by atoms with E-state index in [1.165, 1.54) is 10.4 Å². The fourth-order valence-corrected chi connectivity index (χ4v) is 4.63.